The molecular weight excluding hydrogens is 320 g/mol. The Morgan fingerprint density at radius 3 is 2.65 bits per heavy atom. The van der Waals surface area contributed by atoms with Crippen LogP contribution in [0.15, 0.2) is 28.9 Å². The Kier molecular flexibility index (Phi) is 4.49. The highest BCUT2D eigenvalue weighted by Gasteiger charge is 2.10. The maximum Gasteiger partial charge on any atom is 0.131 e. The Labute approximate surface area is 127 Å². The third-order valence-electron chi connectivity index (χ3n) is 3.02. The second-order valence-electron chi connectivity index (χ2n) is 4.56. The molecule has 0 saturated heterocycles. The summed E-state index contributed by atoms with van der Waals surface area (Å²) in [6.07, 6.45) is 1.79. The van der Waals surface area contributed by atoms with E-state index in [1.807, 2.05) is 26.0 Å². The van der Waals surface area contributed by atoms with Gasteiger partial charge in [0.1, 0.15) is 18.1 Å². The smallest absolute Gasteiger partial charge is 0.131 e. The van der Waals surface area contributed by atoms with Crippen molar-refractivity contribution in [3.05, 3.63) is 45.7 Å². The van der Waals surface area contributed by atoms with Gasteiger partial charge in [0.05, 0.1) is 12.8 Å². The molecule has 106 valence electrons. The summed E-state index contributed by atoms with van der Waals surface area (Å²) >= 11 is 3.39. The standard InChI is InChI=1S/C15H17BrN2O2/c1-9-7-18-14(10(2)15(9)19-3)8-20-13-5-11(16)4-12(17)6-13/h4-7H,8,17H2,1-3H3. The number of nitrogens with two attached hydrogens (primary N) is 1. The van der Waals surface area contributed by atoms with Crippen molar-refractivity contribution in [3.63, 3.8) is 0 Å². The van der Waals surface area contributed by atoms with E-state index < -0.39 is 0 Å². The van der Waals surface area contributed by atoms with Crippen LogP contribution in [0.2, 0.25) is 0 Å². The predicted molar refractivity (Wildman–Crippen MR) is 83.1 cm³/mol. The third kappa shape index (κ3) is 3.22. The van der Waals surface area contributed by atoms with Gasteiger partial charge in [0.15, 0.2) is 0 Å². The number of benzene rings is 1. The summed E-state index contributed by atoms with van der Waals surface area (Å²) in [5.41, 5.74) is 9.29. The van der Waals surface area contributed by atoms with Gasteiger partial charge in [0.25, 0.3) is 0 Å². The zero-order valence-corrected chi connectivity index (χ0v) is 13.3. The van der Waals surface area contributed by atoms with E-state index in [2.05, 4.69) is 20.9 Å². The molecule has 2 N–H and O–H groups in total. The molecule has 4 nitrogen and oxygen atoms in total. The highest BCUT2D eigenvalue weighted by Crippen LogP contribution is 2.26. The Hall–Kier alpha value is -1.75. The Balaban J connectivity index is 2.19. The summed E-state index contributed by atoms with van der Waals surface area (Å²) < 4.78 is 12.0. The number of methoxy groups -OCH3 is 1. The average Bonchev–Trinajstić information content (AvgIpc) is 2.37. The molecule has 20 heavy (non-hydrogen) atoms. The van der Waals surface area contributed by atoms with E-state index in [0.29, 0.717) is 18.0 Å². The fraction of sp³-hybridized carbons (Fsp3) is 0.267. The minimum Gasteiger partial charge on any atom is -0.496 e. The number of hydrogen-bond donors (Lipinski definition) is 1. The van der Waals surface area contributed by atoms with Gasteiger partial charge in [0.2, 0.25) is 0 Å². The molecule has 2 aromatic rings. The van der Waals surface area contributed by atoms with E-state index in [1.165, 1.54) is 0 Å². The molecule has 1 aromatic carbocycles. The molecule has 0 aliphatic rings. The van der Waals surface area contributed by atoms with Crippen LogP contribution in [0.4, 0.5) is 5.69 Å². The zero-order valence-electron chi connectivity index (χ0n) is 11.7. The maximum absolute atomic E-state index is 5.78. The van der Waals surface area contributed by atoms with Crippen molar-refractivity contribution in [1.82, 2.24) is 4.98 Å². The number of aromatic nitrogens is 1. The van der Waals surface area contributed by atoms with Gasteiger partial charge in [-0.3, -0.25) is 4.98 Å². The third-order valence-corrected chi connectivity index (χ3v) is 3.48. The molecule has 0 unspecified atom stereocenters. The van der Waals surface area contributed by atoms with E-state index >= 15 is 0 Å². The van der Waals surface area contributed by atoms with Gasteiger partial charge in [-0.25, -0.2) is 0 Å². The SMILES string of the molecule is COc1c(C)cnc(COc2cc(N)cc(Br)c2)c1C. The lowest BCUT2D eigenvalue weighted by Crippen LogP contribution is -2.04. The summed E-state index contributed by atoms with van der Waals surface area (Å²) in [7, 11) is 1.66. The molecule has 2 rings (SSSR count). The van der Waals surface area contributed by atoms with Crippen molar-refractivity contribution >= 4 is 21.6 Å². The number of rotatable bonds is 4. The molecule has 0 fully saturated rings. The summed E-state index contributed by atoms with van der Waals surface area (Å²) in [6.45, 7) is 4.32. The second kappa shape index (κ2) is 6.13. The quantitative estimate of drug-likeness (QED) is 0.866. The van der Waals surface area contributed by atoms with Crippen LogP contribution in [0.5, 0.6) is 11.5 Å². The first-order valence-electron chi connectivity index (χ1n) is 6.19. The molecule has 0 aliphatic carbocycles. The molecular formula is C15H17BrN2O2. The number of ether oxygens (including phenoxy) is 2. The monoisotopic (exact) mass is 336 g/mol. The normalized spacial score (nSPS) is 10.4. The zero-order chi connectivity index (χ0) is 14.7. The largest absolute Gasteiger partial charge is 0.496 e. The number of nitrogens with zero attached hydrogens (tertiary/aromatic N) is 1. The fourth-order valence-electron chi connectivity index (χ4n) is 2.04. The highest BCUT2D eigenvalue weighted by atomic mass is 79.9. The Morgan fingerprint density at radius 2 is 2.00 bits per heavy atom. The molecule has 0 aliphatic heterocycles. The lowest BCUT2D eigenvalue weighted by molar-refractivity contribution is 0.298. The lowest BCUT2D eigenvalue weighted by Gasteiger charge is -2.13. The van der Waals surface area contributed by atoms with Crippen LogP contribution in [0.3, 0.4) is 0 Å². The average molecular weight is 337 g/mol. The van der Waals surface area contributed by atoms with Crippen LogP contribution in [-0.2, 0) is 6.61 Å². The van der Waals surface area contributed by atoms with Crippen molar-refractivity contribution in [3.8, 4) is 11.5 Å². The molecule has 5 heteroatoms. The van der Waals surface area contributed by atoms with Gasteiger partial charge in [-0.15, -0.1) is 0 Å². The van der Waals surface area contributed by atoms with Crippen LogP contribution >= 0.6 is 15.9 Å². The van der Waals surface area contributed by atoms with E-state index in [9.17, 15) is 0 Å². The van der Waals surface area contributed by atoms with Crippen LogP contribution in [0, 0.1) is 13.8 Å². The molecule has 0 atom stereocenters. The molecule has 1 aromatic heterocycles. The van der Waals surface area contributed by atoms with Crippen molar-refractivity contribution < 1.29 is 9.47 Å². The van der Waals surface area contributed by atoms with E-state index in [-0.39, 0.29) is 0 Å². The fourth-order valence-corrected chi connectivity index (χ4v) is 2.53. The first-order valence-corrected chi connectivity index (χ1v) is 6.98. The summed E-state index contributed by atoms with van der Waals surface area (Å²) in [5.74, 6) is 1.56. The van der Waals surface area contributed by atoms with Crippen LogP contribution in [0.25, 0.3) is 0 Å². The van der Waals surface area contributed by atoms with E-state index in [0.717, 1.165) is 27.0 Å². The number of halogens is 1. The number of aryl methyl sites for hydroxylation is 1. The molecule has 0 spiro atoms. The van der Waals surface area contributed by atoms with Gasteiger partial charge >= 0.3 is 0 Å². The van der Waals surface area contributed by atoms with Gasteiger partial charge in [-0.1, -0.05) is 15.9 Å². The van der Waals surface area contributed by atoms with Gasteiger partial charge in [0, 0.05) is 33.6 Å². The number of nitrogen functional groups attached to an aromatic ring is 1. The van der Waals surface area contributed by atoms with Crippen molar-refractivity contribution in [2.24, 2.45) is 0 Å². The summed E-state index contributed by atoms with van der Waals surface area (Å²) in [4.78, 5) is 4.40. The van der Waals surface area contributed by atoms with Crippen molar-refractivity contribution in [2.75, 3.05) is 12.8 Å². The van der Waals surface area contributed by atoms with Crippen LogP contribution in [0.1, 0.15) is 16.8 Å². The Bertz CT molecular complexity index is 609. The molecule has 0 bridgehead atoms. The minimum atomic E-state index is 0.373. The molecule has 1 heterocycles. The highest BCUT2D eigenvalue weighted by molar-refractivity contribution is 9.10. The molecule has 0 amide bonds. The number of anilines is 1. The minimum absolute atomic E-state index is 0.373. The Morgan fingerprint density at radius 1 is 1.25 bits per heavy atom. The number of pyridine rings is 1. The first kappa shape index (κ1) is 14.7. The molecule has 0 saturated carbocycles. The van der Waals surface area contributed by atoms with Gasteiger partial charge < -0.3 is 15.2 Å². The topological polar surface area (TPSA) is 57.4 Å². The number of hydrogen-bond acceptors (Lipinski definition) is 4. The summed E-state index contributed by atoms with van der Waals surface area (Å²) in [6, 6.07) is 5.48. The van der Waals surface area contributed by atoms with E-state index in [1.54, 1.807) is 19.4 Å². The molecule has 0 radical (unpaired) electrons. The van der Waals surface area contributed by atoms with Crippen LogP contribution < -0.4 is 15.2 Å². The summed E-state index contributed by atoms with van der Waals surface area (Å²) in [5, 5.41) is 0. The second-order valence-corrected chi connectivity index (χ2v) is 5.47. The maximum atomic E-state index is 5.78. The lowest BCUT2D eigenvalue weighted by atomic mass is 10.1. The van der Waals surface area contributed by atoms with Crippen molar-refractivity contribution in [2.45, 2.75) is 20.5 Å². The van der Waals surface area contributed by atoms with Crippen LogP contribution in [-0.4, -0.2) is 12.1 Å². The van der Waals surface area contributed by atoms with E-state index in [4.69, 9.17) is 15.2 Å². The van der Waals surface area contributed by atoms with Crippen molar-refractivity contribution in [1.29, 1.82) is 0 Å². The predicted octanol–water partition coefficient (Wildman–Crippen LogP) is 3.63. The van der Waals surface area contributed by atoms with Gasteiger partial charge in [-0.2, -0.15) is 0 Å². The van der Waals surface area contributed by atoms with Gasteiger partial charge in [-0.05, 0) is 26.0 Å². The first-order chi connectivity index (χ1) is 9.51.